The fraction of sp³-hybridized carbons (Fsp3) is 0.556. The molecule has 0 aromatic carbocycles. The van der Waals surface area contributed by atoms with Crippen molar-refractivity contribution in [2.75, 3.05) is 32.1 Å². The van der Waals surface area contributed by atoms with Crippen LogP contribution in [0.5, 0.6) is 0 Å². The molecule has 1 unspecified atom stereocenters. The summed E-state index contributed by atoms with van der Waals surface area (Å²) in [4.78, 5) is 19.1. The summed E-state index contributed by atoms with van der Waals surface area (Å²) in [6, 6.07) is 2.17. The Morgan fingerprint density at radius 2 is 2.28 bits per heavy atom. The van der Waals surface area contributed by atoms with Gasteiger partial charge in [-0.15, -0.1) is 11.3 Å². The molecule has 3 rings (SSSR count). The second-order valence-corrected chi connectivity index (χ2v) is 7.44. The van der Waals surface area contributed by atoms with E-state index in [1.165, 1.54) is 22.7 Å². The lowest BCUT2D eigenvalue weighted by Crippen LogP contribution is -2.46. The SMILES string of the molecule is CCCn1c(C)cc(-c2csc(NC(=O)C3CN(C)CCO3)n2)c1C. The van der Waals surface area contributed by atoms with E-state index in [0.717, 1.165) is 30.8 Å². The molecular weight excluding hydrogens is 336 g/mol. The monoisotopic (exact) mass is 362 g/mol. The molecule has 0 spiro atoms. The van der Waals surface area contributed by atoms with Gasteiger partial charge in [0, 0.05) is 42.0 Å². The summed E-state index contributed by atoms with van der Waals surface area (Å²) in [5.74, 6) is -0.121. The van der Waals surface area contributed by atoms with Gasteiger partial charge in [-0.2, -0.15) is 0 Å². The van der Waals surface area contributed by atoms with Crippen molar-refractivity contribution in [2.24, 2.45) is 0 Å². The van der Waals surface area contributed by atoms with Crippen LogP contribution >= 0.6 is 11.3 Å². The van der Waals surface area contributed by atoms with Crippen molar-refractivity contribution >= 4 is 22.4 Å². The van der Waals surface area contributed by atoms with Crippen LogP contribution in [0.2, 0.25) is 0 Å². The summed E-state index contributed by atoms with van der Waals surface area (Å²) in [6.07, 6.45) is 0.671. The minimum atomic E-state index is -0.430. The van der Waals surface area contributed by atoms with E-state index in [9.17, 15) is 4.79 Å². The van der Waals surface area contributed by atoms with E-state index in [0.29, 0.717) is 18.3 Å². The van der Waals surface area contributed by atoms with Crippen LogP contribution in [0.25, 0.3) is 11.3 Å². The molecule has 0 radical (unpaired) electrons. The summed E-state index contributed by atoms with van der Waals surface area (Å²) >= 11 is 1.45. The van der Waals surface area contributed by atoms with Gasteiger partial charge < -0.3 is 14.2 Å². The molecule has 1 amide bonds. The highest BCUT2D eigenvalue weighted by atomic mass is 32.1. The first-order valence-corrected chi connectivity index (χ1v) is 9.61. The molecule has 1 aliphatic rings. The standard InChI is InChI=1S/C18H26N4O2S/c1-5-6-22-12(2)9-14(13(22)3)15-11-25-18(19-15)20-17(23)16-10-21(4)7-8-24-16/h9,11,16H,5-8,10H2,1-4H3,(H,19,20,23). The zero-order valence-corrected chi connectivity index (χ0v) is 16.2. The van der Waals surface area contributed by atoms with Gasteiger partial charge in [0.1, 0.15) is 6.10 Å². The number of aryl methyl sites for hydroxylation is 1. The quantitative estimate of drug-likeness (QED) is 0.888. The number of nitrogens with one attached hydrogen (secondary N) is 1. The molecule has 3 heterocycles. The first-order chi connectivity index (χ1) is 12.0. The number of ether oxygens (including phenoxy) is 1. The Hall–Kier alpha value is -1.70. The zero-order chi connectivity index (χ0) is 18.0. The van der Waals surface area contributed by atoms with Gasteiger partial charge >= 0.3 is 0 Å². The maximum atomic E-state index is 12.4. The van der Waals surface area contributed by atoms with Crippen LogP contribution < -0.4 is 5.32 Å². The van der Waals surface area contributed by atoms with Crippen LogP contribution in [0.15, 0.2) is 11.4 Å². The Balaban J connectivity index is 1.72. The lowest BCUT2D eigenvalue weighted by Gasteiger charge is -2.28. The fourth-order valence-corrected chi connectivity index (χ4v) is 3.92. The van der Waals surface area contributed by atoms with Gasteiger partial charge in [0.15, 0.2) is 5.13 Å². The number of aromatic nitrogens is 2. The minimum absolute atomic E-state index is 0.121. The summed E-state index contributed by atoms with van der Waals surface area (Å²) in [7, 11) is 2.00. The molecule has 2 aromatic heterocycles. The molecule has 2 aromatic rings. The largest absolute Gasteiger partial charge is 0.366 e. The Morgan fingerprint density at radius 1 is 1.48 bits per heavy atom. The van der Waals surface area contributed by atoms with Gasteiger partial charge in [-0.3, -0.25) is 10.1 Å². The number of amides is 1. The number of nitrogens with zero attached hydrogens (tertiary/aromatic N) is 3. The van der Waals surface area contributed by atoms with Crippen molar-refractivity contribution in [1.82, 2.24) is 14.5 Å². The van der Waals surface area contributed by atoms with Gasteiger partial charge in [0.25, 0.3) is 5.91 Å². The number of morpholine rings is 1. The summed E-state index contributed by atoms with van der Waals surface area (Å²) in [5.41, 5.74) is 4.51. The van der Waals surface area contributed by atoms with Gasteiger partial charge in [0.05, 0.1) is 12.3 Å². The number of hydrogen-bond donors (Lipinski definition) is 1. The topological polar surface area (TPSA) is 59.4 Å². The maximum Gasteiger partial charge on any atom is 0.256 e. The second kappa shape index (κ2) is 7.68. The van der Waals surface area contributed by atoms with Crippen LogP contribution in [-0.4, -0.2) is 53.2 Å². The Morgan fingerprint density at radius 3 is 3.00 bits per heavy atom. The van der Waals surface area contributed by atoms with E-state index < -0.39 is 6.10 Å². The Bertz CT molecular complexity index is 752. The predicted octanol–water partition coefficient (Wildman–Crippen LogP) is 2.91. The van der Waals surface area contributed by atoms with E-state index >= 15 is 0 Å². The molecule has 1 fully saturated rings. The van der Waals surface area contributed by atoms with Crippen molar-refractivity contribution in [2.45, 2.75) is 39.8 Å². The molecule has 1 saturated heterocycles. The number of rotatable bonds is 5. The third kappa shape index (κ3) is 3.94. The molecule has 1 aliphatic heterocycles. The maximum absolute atomic E-state index is 12.4. The number of anilines is 1. The third-order valence-corrected chi connectivity index (χ3v) is 5.35. The molecule has 1 atom stereocenters. The smallest absolute Gasteiger partial charge is 0.256 e. The highest BCUT2D eigenvalue weighted by molar-refractivity contribution is 7.14. The summed E-state index contributed by atoms with van der Waals surface area (Å²) in [5, 5.41) is 5.52. The molecule has 25 heavy (non-hydrogen) atoms. The number of carbonyl (C=O) groups excluding carboxylic acids is 1. The first-order valence-electron chi connectivity index (χ1n) is 8.73. The van der Waals surface area contributed by atoms with Gasteiger partial charge in [-0.1, -0.05) is 6.92 Å². The number of hydrogen-bond acceptors (Lipinski definition) is 5. The van der Waals surface area contributed by atoms with Crippen molar-refractivity contribution in [3.63, 3.8) is 0 Å². The lowest BCUT2D eigenvalue weighted by atomic mass is 10.2. The highest BCUT2D eigenvalue weighted by Gasteiger charge is 2.25. The van der Waals surface area contributed by atoms with Crippen molar-refractivity contribution in [1.29, 1.82) is 0 Å². The molecular formula is C18H26N4O2S. The molecule has 0 bridgehead atoms. The normalized spacial score (nSPS) is 18.5. The highest BCUT2D eigenvalue weighted by Crippen LogP contribution is 2.30. The molecule has 0 saturated carbocycles. The average Bonchev–Trinajstić information content (AvgIpc) is 3.14. The number of carbonyl (C=O) groups is 1. The van der Waals surface area contributed by atoms with Crippen LogP contribution in [0.4, 0.5) is 5.13 Å². The Labute approximate surface area is 152 Å². The van der Waals surface area contributed by atoms with Crippen LogP contribution in [0.1, 0.15) is 24.7 Å². The van der Waals surface area contributed by atoms with E-state index in [1.54, 1.807) is 0 Å². The third-order valence-electron chi connectivity index (χ3n) is 4.59. The van der Waals surface area contributed by atoms with E-state index in [1.807, 2.05) is 12.4 Å². The van der Waals surface area contributed by atoms with Gasteiger partial charge in [0.2, 0.25) is 0 Å². The van der Waals surface area contributed by atoms with E-state index in [2.05, 4.69) is 46.6 Å². The molecule has 1 N–H and O–H groups in total. The van der Waals surface area contributed by atoms with Crippen molar-refractivity contribution in [3.05, 3.63) is 22.8 Å². The minimum Gasteiger partial charge on any atom is -0.366 e. The summed E-state index contributed by atoms with van der Waals surface area (Å²) in [6.45, 7) is 9.50. The number of thiazole rings is 1. The van der Waals surface area contributed by atoms with Crippen molar-refractivity contribution < 1.29 is 9.53 Å². The van der Waals surface area contributed by atoms with Gasteiger partial charge in [-0.25, -0.2) is 4.98 Å². The first kappa shape index (κ1) is 18.1. The average molecular weight is 362 g/mol. The lowest BCUT2D eigenvalue weighted by molar-refractivity contribution is -0.132. The molecule has 136 valence electrons. The molecule has 6 nitrogen and oxygen atoms in total. The molecule has 0 aliphatic carbocycles. The molecule has 7 heteroatoms. The predicted molar refractivity (Wildman–Crippen MR) is 101 cm³/mol. The van der Waals surface area contributed by atoms with Crippen LogP contribution in [0, 0.1) is 13.8 Å². The summed E-state index contributed by atoms with van der Waals surface area (Å²) < 4.78 is 7.88. The van der Waals surface area contributed by atoms with Gasteiger partial charge in [-0.05, 0) is 33.4 Å². The fourth-order valence-electron chi connectivity index (χ4n) is 3.21. The zero-order valence-electron chi connectivity index (χ0n) is 15.3. The van der Waals surface area contributed by atoms with E-state index in [4.69, 9.17) is 4.74 Å². The Kier molecular flexibility index (Phi) is 5.56. The van der Waals surface area contributed by atoms with Crippen molar-refractivity contribution in [3.8, 4) is 11.3 Å². The number of likely N-dealkylation sites (N-methyl/N-ethyl adjacent to an activating group) is 1. The van der Waals surface area contributed by atoms with Crippen LogP contribution in [0.3, 0.4) is 0 Å². The second-order valence-electron chi connectivity index (χ2n) is 6.59. The van der Waals surface area contributed by atoms with E-state index in [-0.39, 0.29) is 5.91 Å². The van der Waals surface area contributed by atoms with Crippen LogP contribution in [-0.2, 0) is 16.1 Å².